The number of rotatable bonds is 3. The highest BCUT2D eigenvalue weighted by Crippen LogP contribution is 2.16. The maximum atomic E-state index is 12.1. The molecule has 0 aromatic heterocycles. The molecule has 1 atom stereocenters. The van der Waals surface area contributed by atoms with Gasteiger partial charge in [-0.2, -0.15) is 0 Å². The van der Waals surface area contributed by atoms with Gasteiger partial charge in [-0.25, -0.2) is 8.42 Å². The van der Waals surface area contributed by atoms with Gasteiger partial charge >= 0.3 is 0 Å². The summed E-state index contributed by atoms with van der Waals surface area (Å²) in [6.45, 7) is 0. The van der Waals surface area contributed by atoms with E-state index in [0.29, 0.717) is 24.1 Å². The van der Waals surface area contributed by atoms with Crippen molar-refractivity contribution in [3.63, 3.8) is 0 Å². The first-order valence-electron chi connectivity index (χ1n) is 6.09. The number of nitrogens with one attached hydrogen (secondary N) is 2. The van der Waals surface area contributed by atoms with E-state index in [-0.39, 0.29) is 23.5 Å². The average molecular weight is 283 g/mol. The van der Waals surface area contributed by atoms with Gasteiger partial charge in [0.2, 0.25) is 0 Å². The molecule has 1 amide bonds. The minimum absolute atomic E-state index is 0.0109. The van der Waals surface area contributed by atoms with Gasteiger partial charge in [0.25, 0.3) is 5.91 Å². The van der Waals surface area contributed by atoms with Crippen LogP contribution in [0.25, 0.3) is 0 Å². The van der Waals surface area contributed by atoms with Crippen molar-refractivity contribution < 1.29 is 13.2 Å². The van der Waals surface area contributed by atoms with Crippen molar-refractivity contribution in [2.75, 3.05) is 16.9 Å². The minimum Gasteiger partial charge on any atom is -0.348 e. The van der Waals surface area contributed by atoms with Crippen LogP contribution >= 0.6 is 0 Å². The van der Waals surface area contributed by atoms with Gasteiger partial charge in [0.15, 0.2) is 9.84 Å². The second-order valence-electron chi connectivity index (χ2n) is 4.62. The van der Waals surface area contributed by atoms with Crippen molar-refractivity contribution in [1.29, 1.82) is 0 Å². The lowest BCUT2D eigenvalue weighted by molar-refractivity contribution is 0.0939. The molecule has 0 aliphatic carbocycles. The number of nitrogen functional groups attached to an aromatic ring is 1. The van der Waals surface area contributed by atoms with Gasteiger partial charge in [-0.1, -0.05) is 12.1 Å². The van der Waals surface area contributed by atoms with E-state index >= 15 is 0 Å². The minimum atomic E-state index is -3.03. The molecule has 6 nitrogen and oxygen atoms in total. The first kappa shape index (κ1) is 13.8. The van der Waals surface area contributed by atoms with Crippen LogP contribution in [0.3, 0.4) is 0 Å². The molecule has 1 saturated heterocycles. The number of hydrogen-bond acceptors (Lipinski definition) is 5. The second-order valence-corrected chi connectivity index (χ2v) is 6.85. The van der Waals surface area contributed by atoms with Crippen molar-refractivity contribution in [1.82, 2.24) is 5.32 Å². The van der Waals surface area contributed by atoms with Crippen LogP contribution in [0, 0.1) is 0 Å². The van der Waals surface area contributed by atoms with Crippen molar-refractivity contribution in [2.24, 2.45) is 5.84 Å². The molecule has 7 heteroatoms. The van der Waals surface area contributed by atoms with Gasteiger partial charge in [0.05, 0.1) is 22.8 Å². The van der Waals surface area contributed by atoms with Crippen LogP contribution in [-0.2, 0) is 9.84 Å². The number of anilines is 1. The number of benzene rings is 1. The fraction of sp³-hybridized carbons (Fsp3) is 0.417. The average Bonchev–Trinajstić information content (AvgIpc) is 2.37. The fourth-order valence-electron chi connectivity index (χ4n) is 2.21. The van der Waals surface area contributed by atoms with Gasteiger partial charge in [0, 0.05) is 6.04 Å². The molecule has 0 spiro atoms. The zero-order valence-corrected chi connectivity index (χ0v) is 11.2. The highest BCUT2D eigenvalue weighted by molar-refractivity contribution is 7.91. The van der Waals surface area contributed by atoms with Gasteiger partial charge in [-0.15, -0.1) is 0 Å². The van der Waals surface area contributed by atoms with E-state index < -0.39 is 9.84 Å². The Kier molecular flexibility index (Phi) is 4.06. The lowest BCUT2D eigenvalue weighted by Crippen LogP contribution is -2.43. The van der Waals surface area contributed by atoms with Crippen LogP contribution < -0.4 is 16.6 Å². The summed E-state index contributed by atoms with van der Waals surface area (Å²) in [5.41, 5.74) is 3.37. The molecule has 1 heterocycles. The van der Waals surface area contributed by atoms with Crippen molar-refractivity contribution in [3.8, 4) is 0 Å². The number of sulfone groups is 1. The summed E-state index contributed by atoms with van der Waals surface area (Å²) in [6, 6.07) is 6.50. The fourth-order valence-corrected chi connectivity index (χ4v) is 3.84. The van der Waals surface area contributed by atoms with Crippen LogP contribution in [0.2, 0.25) is 0 Å². The quantitative estimate of drug-likeness (QED) is 0.546. The molecule has 4 N–H and O–H groups in total. The Morgan fingerprint density at radius 1 is 1.32 bits per heavy atom. The maximum absolute atomic E-state index is 12.1. The molecule has 104 valence electrons. The molecular formula is C12H17N3O3S. The van der Waals surface area contributed by atoms with Crippen molar-refractivity contribution >= 4 is 21.4 Å². The van der Waals surface area contributed by atoms with Gasteiger partial charge in [-0.3, -0.25) is 10.6 Å². The molecule has 0 bridgehead atoms. The Balaban J connectivity index is 2.09. The number of nitrogens with two attached hydrogens (primary N) is 1. The summed E-state index contributed by atoms with van der Waals surface area (Å²) >= 11 is 0. The number of hydrazine groups is 1. The van der Waals surface area contributed by atoms with Crippen LogP contribution in [0.5, 0.6) is 0 Å². The molecule has 1 aromatic carbocycles. The summed E-state index contributed by atoms with van der Waals surface area (Å²) in [4.78, 5) is 12.1. The van der Waals surface area contributed by atoms with E-state index in [1.54, 1.807) is 24.3 Å². The number of hydrogen-bond donors (Lipinski definition) is 3. The van der Waals surface area contributed by atoms with Crippen molar-refractivity contribution in [2.45, 2.75) is 18.9 Å². The Hall–Kier alpha value is -1.60. The molecule has 1 aliphatic heterocycles. The normalized spacial score (nSPS) is 21.6. The molecule has 1 aromatic rings. The summed E-state index contributed by atoms with van der Waals surface area (Å²) in [7, 11) is -3.03. The number of para-hydroxylation sites is 1. The molecule has 19 heavy (non-hydrogen) atoms. The second kappa shape index (κ2) is 5.58. The third kappa shape index (κ3) is 3.45. The molecule has 2 rings (SSSR count). The van der Waals surface area contributed by atoms with E-state index in [0.717, 1.165) is 0 Å². The first-order valence-corrected chi connectivity index (χ1v) is 7.91. The predicted octanol–water partition coefficient (Wildman–Crippen LogP) is 0.279. The van der Waals surface area contributed by atoms with Crippen LogP contribution in [0.1, 0.15) is 23.2 Å². The molecule has 1 unspecified atom stereocenters. The van der Waals surface area contributed by atoms with Crippen molar-refractivity contribution in [3.05, 3.63) is 29.8 Å². The summed E-state index contributed by atoms with van der Waals surface area (Å²) in [5.74, 6) is 5.25. The van der Waals surface area contributed by atoms with Crippen LogP contribution in [0.15, 0.2) is 24.3 Å². The lowest BCUT2D eigenvalue weighted by Gasteiger charge is -2.23. The van der Waals surface area contributed by atoms with E-state index in [2.05, 4.69) is 10.7 Å². The molecule has 0 saturated carbocycles. The smallest absolute Gasteiger partial charge is 0.253 e. The maximum Gasteiger partial charge on any atom is 0.253 e. The van der Waals surface area contributed by atoms with Gasteiger partial charge in [0.1, 0.15) is 0 Å². The van der Waals surface area contributed by atoms with Crippen LogP contribution in [-0.4, -0.2) is 31.9 Å². The predicted molar refractivity (Wildman–Crippen MR) is 73.4 cm³/mol. The van der Waals surface area contributed by atoms with E-state index in [9.17, 15) is 13.2 Å². The van der Waals surface area contributed by atoms with E-state index in [4.69, 9.17) is 5.84 Å². The topological polar surface area (TPSA) is 101 Å². The van der Waals surface area contributed by atoms with E-state index in [1.807, 2.05) is 0 Å². The molecule has 1 fully saturated rings. The van der Waals surface area contributed by atoms with Gasteiger partial charge < -0.3 is 10.7 Å². The molecule has 0 radical (unpaired) electrons. The number of carbonyl (C=O) groups is 1. The monoisotopic (exact) mass is 283 g/mol. The van der Waals surface area contributed by atoms with Crippen LogP contribution in [0.4, 0.5) is 5.69 Å². The summed E-state index contributed by atoms with van der Waals surface area (Å²) in [6.07, 6.45) is 1.27. The highest BCUT2D eigenvalue weighted by Gasteiger charge is 2.26. The van der Waals surface area contributed by atoms with Gasteiger partial charge in [-0.05, 0) is 25.0 Å². The standard InChI is InChI=1S/C12H17N3O3S/c13-15-11-6-2-1-5-10(11)12(16)14-9-4-3-7-19(17,18)8-9/h1-2,5-6,9,15H,3-4,7-8,13H2,(H,14,16). The van der Waals surface area contributed by atoms with E-state index in [1.165, 1.54) is 0 Å². The SMILES string of the molecule is NNc1ccccc1C(=O)NC1CCCS(=O)(=O)C1. The summed E-state index contributed by atoms with van der Waals surface area (Å²) < 4.78 is 23.0. The molecular weight excluding hydrogens is 266 g/mol. The number of amides is 1. The summed E-state index contributed by atoms with van der Waals surface area (Å²) in [5, 5.41) is 2.75. The lowest BCUT2D eigenvalue weighted by atomic mass is 10.1. The zero-order valence-electron chi connectivity index (χ0n) is 10.4. The first-order chi connectivity index (χ1) is 9.02. The highest BCUT2D eigenvalue weighted by atomic mass is 32.2. The Bertz CT molecular complexity index is 571. The largest absolute Gasteiger partial charge is 0.348 e. The Morgan fingerprint density at radius 2 is 2.05 bits per heavy atom. The third-order valence-electron chi connectivity index (χ3n) is 3.13. The third-order valence-corrected chi connectivity index (χ3v) is 4.95. The Morgan fingerprint density at radius 3 is 2.74 bits per heavy atom. The Labute approximate surface area is 112 Å². The zero-order chi connectivity index (χ0) is 13.9. The number of carbonyl (C=O) groups excluding carboxylic acids is 1. The molecule has 1 aliphatic rings.